The summed E-state index contributed by atoms with van der Waals surface area (Å²) in [6.45, 7) is 0. The molecule has 0 unspecified atom stereocenters. The highest BCUT2D eigenvalue weighted by molar-refractivity contribution is 14.1. The minimum atomic E-state index is 0.493. The van der Waals surface area contributed by atoms with Gasteiger partial charge >= 0.3 is 0 Å². The van der Waals surface area contributed by atoms with Crippen LogP contribution in [0.25, 0.3) is 0 Å². The molecule has 0 aliphatic heterocycles. The monoisotopic (exact) mass is 306 g/mol. The predicted molar refractivity (Wildman–Crippen MR) is 64.6 cm³/mol. The lowest BCUT2D eigenvalue weighted by molar-refractivity contribution is 0.302. The average Bonchev–Trinajstić information content (AvgIpc) is 2.87. The van der Waals surface area contributed by atoms with Gasteiger partial charge in [-0.15, -0.1) is 11.8 Å². The number of hydrogen-bond donors (Lipinski definition) is 0. The highest BCUT2D eigenvalue weighted by Gasteiger charge is 2.23. The van der Waals surface area contributed by atoms with Crippen LogP contribution in [0.5, 0.6) is 5.75 Å². The largest absolute Gasteiger partial charge is 0.490 e. The maximum atomic E-state index is 5.73. The first-order valence-electron chi connectivity index (χ1n) is 4.29. The van der Waals surface area contributed by atoms with Crippen molar-refractivity contribution in [3.63, 3.8) is 0 Å². The van der Waals surface area contributed by atoms with Gasteiger partial charge in [-0.3, -0.25) is 0 Å². The molecule has 0 amide bonds. The molecule has 0 bridgehead atoms. The Morgan fingerprint density at radius 2 is 2.15 bits per heavy atom. The van der Waals surface area contributed by atoms with Crippen LogP contribution in [0.15, 0.2) is 23.1 Å². The van der Waals surface area contributed by atoms with Crippen molar-refractivity contribution in [2.24, 2.45) is 0 Å². The third kappa shape index (κ3) is 2.77. The Morgan fingerprint density at radius 1 is 1.38 bits per heavy atom. The van der Waals surface area contributed by atoms with Crippen molar-refractivity contribution in [2.45, 2.75) is 23.8 Å². The van der Waals surface area contributed by atoms with Gasteiger partial charge in [-0.25, -0.2) is 0 Å². The Morgan fingerprint density at radius 3 is 2.77 bits per heavy atom. The number of hydrogen-bond acceptors (Lipinski definition) is 2. The second-order valence-electron chi connectivity index (χ2n) is 3.14. The standard InChI is InChI=1S/C10H11IOS/c1-13-10-5-7(11)4-9(6-10)12-8-2-3-8/h4-6,8H,2-3H2,1H3. The van der Waals surface area contributed by atoms with Crippen LogP contribution in [-0.2, 0) is 0 Å². The summed E-state index contributed by atoms with van der Waals surface area (Å²) >= 11 is 4.09. The summed E-state index contributed by atoms with van der Waals surface area (Å²) in [5, 5.41) is 0. The van der Waals surface area contributed by atoms with Crippen LogP contribution in [0, 0.1) is 3.57 Å². The summed E-state index contributed by atoms with van der Waals surface area (Å²) in [6, 6.07) is 6.38. The SMILES string of the molecule is CSc1cc(I)cc(OC2CC2)c1. The van der Waals surface area contributed by atoms with Gasteiger partial charge in [-0.2, -0.15) is 0 Å². The van der Waals surface area contributed by atoms with Crippen LogP contribution in [0.2, 0.25) is 0 Å². The van der Waals surface area contributed by atoms with Crippen molar-refractivity contribution in [3.05, 3.63) is 21.8 Å². The molecule has 1 aliphatic carbocycles. The van der Waals surface area contributed by atoms with Gasteiger partial charge in [0.25, 0.3) is 0 Å². The van der Waals surface area contributed by atoms with Crippen molar-refractivity contribution in [2.75, 3.05) is 6.26 Å². The van der Waals surface area contributed by atoms with E-state index in [2.05, 4.69) is 47.0 Å². The molecule has 0 heterocycles. The molecule has 0 radical (unpaired) electrons. The lowest BCUT2D eigenvalue weighted by Gasteiger charge is -2.06. The normalized spacial score (nSPS) is 15.8. The number of halogens is 1. The Kier molecular flexibility index (Phi) is 3.03. The quantitative estimate of drug-likeness (QED) is 0.624. The van der Waals surface area contributed by atoms with E-state index in [1.807, 2.05) is 0 Å². The van der Waals surface area contributed by atoms with Crippen molar-refractivity contribution >= 4 is 34.4 Å². The minimum Gasteiger partial charge on any atom is -0.490 e. The molecule has 13 heavy (non-hydrogen) atoms. The fourth-order valence-corrected chi connectivity index (χ4v) is 2.43. The topological polar surface area (TPSA) is 9.23 Å². The Bertz CT molecular complexity index is 310. The van der Waals surface area contributed by atoms with E-state index in [4.69, 9.17) is 4.74 Å². The molecule has 0 N–H and O–H groups in total. The summed E-state index contributed by atoms with van der Waals surface area (Å²) in [5.74, 6) is 1.03. The molecule has 0 saturated heterocycles. The first-order valence-corrected chi connectivity index (χ1v) is 6.59. The molecule has 0 atom stereocenters. The molecule has 1 aromatic rings. The van der Waals surface area contributed by atoms with Crippen molar-refractivity contribution in [1.82, 2.24) is 0 Å². The van der Waals surface area contributed by atoms with E-state index in [-0.39, 0.29) is 0 Å². The van der Waals surface area contributed by atoms with Gasteiger partial charge in [0, 0.05) is 8.47 Å². The third-order valence-electron chi connectivity index (χ3n) is 1.91. The van der Waals surface area contributed by atoms with Gasteiger partial charge in [0.2, 0.25) is 0 Å². The van der Waals surface area contributed by atoms with Crippen LogP contribution in [0.1, 0.15) is 12.8 Å². The molecular formula is C10H11IOS. The van der Waals surface area contributed by atoms with E-state index in [1.54, 1.807) is 11.8 Å². The molecule has 1 aliphatic rings. The first kappa shape index (κ1) is 9.65. The molecule has 1 nitrogen and oxygen atoms in total. The summed E-state index contributed by atoms with van der Waals surface area (Å²) in [7, 11) is 0. The van der Waals surface area contributed by atoms with Crippen molar-refractivity contribution in [1.29, 1.82) is 0 Å². The summed E-state index contributed by atoms with van der Waals surface area (Å²) in [6.07, 6.45) is 5.03. The van der Waals surface area contributed by atoms with Crippen LogP contribution >= 0.6 is 34.4 Å². The smallest absolute Gasteiger partial charge is 0.121 e. The summed E-state index contributed by atoms with van der Waals surface area (Å²) in [4.78, 5) is 1.28. The van der Waals surface area contributed by atoms with Gasteiger partial charge in [0.05, 0.1) is 6.10 Å². The van der Waals surface area contributed by atoms with E-state index in [9.17, 15) is 0 Å². The zero-order valence-corrected chi connectivity index (χ0v) is 10.4. The van der Waals surface area contributed by atoms with Crippen molar-refractivity contribution in [3.8, 4) is 5.75 Å². The summed E-state index contributed by atoms with van der Waals surface area (Å²) < 4.78 is 6.98. The lowest BCUT2D eigenvalue weighted by atomic mass is 10.3. The number of benzene rings is 1. The molecule has 3 heteroatoms. The molecule has 2 rings (SSSR count). The Balaban J connectivity index is 2.17. The zero-order chi connectivity index (χ0) is 9.26. The molecular weight excluding hydrogens is 295 g/mol. The lowest BCUT2D eigenvalue weighted by Crippen LogP contribution is -1.96. The van der Waals surface area contributed by atoms with E-state index < -0.39 is 0 Å². The van der Waals surface area contributed by atoms with E-state index in [0.29, 0.717) is 6.10 Å². The predicted octanol–water partition coefficient (Wildman–Crippen LogP) is 3.55. The van der Waals surface area contributed by atoms with Crippen LogP contribution < -0.4 is 4.74 Å². The number of thioether (sulfide) groups is 1. The van der Waals surface area contributed by atoms with Gasteiger partial charge in [-0.05, 0) is 59.9 Å². The molecule has 1 aromatic carbocycles. The fourth-order valence-electron chi connectivity index (χ4n) is 1.10. The molecule has 70 valence electrons. The van der Waals surface area contributed by atoms with E-state index in [1.165, 1.54) is 21.3 Å². The molecule has 1 saturated carbocycles. The highest BCUT2D eigenvalue weighted by Crippen LogP contribution is 2.30. The minimum absolute atomic E-state index is 0.493. The second-order valence-corrected chi connectivity index (χ2v) is 5.27. The summed E-state index contributed by atoms with van der Waals surface area (Å²) in [5.41, 5.74) is 0. The average molecular weight is 306 g/mol. The Hall–Kier alpha value is 0.1000. The molecule has 1 fully saturated rings. The number of rotatable bonds is 3. The van der Waals surface area contributed by atoms with Gasteiger partial charge < -0.3 is 4.74 Å². The highest BCUT2D eigenvalue weighted by atomic mass is 127. The first-order chi connectivity index (χ1) is 6.28. The Labute approximate surface area is 96.4 Å². The zero-order valence-electron chi connectivity index (χ0n) is 7.42. The van der Waals surface area contributed by atoms with Crippen molar-refractivity contribution < 1.29 is 4.74 Å². The second kappa shape index (κ2) is 4.09. The van der Waals surface area contributed by atoms with Gasteiger partial charge in [-0.1, -0.05) is 0 Å². The van der Waals surface area contributed by atoms with Crippen LogP contribution in [0.4, 0.5) is 0 Å². The van der Waals surface area contributed by atoms with Gasteiger partial charge in [0.15, 0.2) is 0 Å². The van der Waals surface area contributed by atoms with E-state index in [0.717, 1.165) is 5.75 Å². The third-order valence-corrected chi connectivity index (χ3v) is 3.24. The number of ether oxygens (including phenoxy) is 1. The fraction of sp³-hybridized carbons (Fsp3) is 0.400. The van der Waals surface area contributed by atoms with Gasteiger partial charge in [0.1, 0.15) is 5.75 Å². The van der Waals surface area contributed by atoms with Crippen LogP contribution in [-0.4, -0.2) is 12.4 Å². The maximum absolute atomic E-state index is 5.73. The van der Waals surface area contributed by atoms with E-state index >= 15 is 0 Å². The molecule has 0 spiro atoms. The van der Waals surface area contributed by atoms with Crippen LogP contribution in [0.3, 0.4) is 0 Å². The molecule has 0 aromatic heterocycles. The maximum Gasteiger partial charge on any atom is 0.121 e.